The van der Waals surface area contributed by atoms with E-state index in [1.165, 1.54) is 5.56 Å². The molecule has 92 valence electrons. The van der Waals surface area contributed by atoms with E-state index in [9.17, 15) is 0 Å². The first-order valence-corrected chi connectivity index (χ1v) is 6.12. The van der Waals surface area contributed by atoms with Crippen molar-refractivity contribution in [3.8, 4) is 11.3 Å². The summed E-state index contributed by atoms with van der Waals surface area (Å²) in [4.78, 5) is 0. The molecule has 19 heavy (non-hydrogen) atoms. The monoisotopic (exact) mass is 247 g/mol. The lowest BCUT2D eigenvalue weighted by Gasteiger charge is -1.97. The van der Waals surface area contributed by atoms with Gasteiger partial charge in [-0.05, 0) is 11.1 Å². The lowest BCUT2D eigenvalue weighted by atomic mass is 10.1. The molecule has 0 fully saturated rings. The summed E-state index contributed by atoms with van der Waals surface area (Å²) in [5.41, 5.74) is 4.28. The molecule has 1 N–H and O–H groups in total. The number of hydrogen-bond acceptors (Lipinski definition) is 2. The van der Waals surface area contributed by atoms with E-state index in [-0.39, 0.29) is 0 Å². The van der Waals surface area contributed by atoms with Gasteiger partial charge in [-0.3, -0.25) is 5.10 Å². The van der Waals surface area contributed by atoms with Gasteiger partial charge < -0.3 is 0 Å². The zero-order chi connectivity index (χ0) is 12.9. The Balaban J connectivity index is 1.78. The molecule has 0 radical (unpaired) electrons. The van der Waals surface area contributed by atoms with Gasteiger partial charge in [-0.2, -0.15) is 0 Å². The second-order valence-electron chi connectivity index (χ2n) is 4.22. The van der Waals surface area contributed by atoms with E-state index >= 15 is 0 Å². The summed E-state index contributed by atoms with van der Waals surface area (Å²) < 4.78 is 0. The molecule has 1 heterocycles. The maximum Gasteiger partial charge on any atom is 0.112 e. The highest BCUT2D eigenvalue weighted by Crippen LogP contribution is 2.17. The normalized spacial score (nSPS) is 10.9. The van der Waals surface area contributed by atoms with E-state index in [1.54, 1.807) is 6.20 Å². The minimum absolute atomic E-state index is 0.860. The van der Waals surface area contributed by atoms with Crippen LogP contribution in [-0.2, 0) is 0 Å². The van der Waals surface area contributed by atoms with Crippen molar-refractivity contribution < 1.29 is 0 Å². The fourth-order valence-electron chi connectivity index (χ4n) is 1.86. The predicted molar refractivity (Wildman–Crippen MR) is 77.2 cm³/mol. The Morgan fingerprint density at radius 2 is 1.47 bits per heavy atom. The number of H-pyrrole nitrogens is 1. The smallest absolute Gasteiger partial charge is 0.112 e. The van der Waals surface area contributed by atoms with Crippen molar-refractivity contribution in [1.29, 1.82) is 0 Å². The Hall–Kier alpha value is -2.68. The summed E-state index contributed by atoms with van der Waals surface area (Å²) in [5.74, 6) is 0. The molecule has 1 aromatic heterocycles. The molecular formula is C16H13N3. The highest BCUT2D eigenvalue weighted by Gasteiger charge is 1.99. The molecule has 3 aromatic rings. The molecule has 0 aliphatic heterocycles. The van der Waals surface area contributed by atoms with Crippen LogP contribution in [0.4, 0.5) is 0 Å². The number of rotatable bonds is 3. The molecule has 0 amide bonds. The molecule has 2 aromatic carbocycles. The maximum atomic E-state index is 3.99. The van der Waals surface area contributed by atoms with Crippen LogP contribution in [0.25, 0.3) is 23.4 Å². The Morgan fingerprint density at radius 1 is 0.789 bits per heavy atom. The number of nitrogens with one attached hydrogen (secondary N) is 1. The van der Waals surface area contributed by atoms with Crippen molar-refractivity contribution >= 4 is 12.2 Å². The third-order valence-corrected chi connectivity index (χ3v) is 2.89. The Morgan fingerprint density at radius 3 is 2.11 bits per heavy atom. The Labute approximate surface area is 111 Å². The van der Waals surface area contributed by atoms with E-state index < -0.39 is 0 Å². The highest BCUT2D eigenvalue weighted by atomic mass is 15.3. The van der Waals surface area contributed by atoms with Crippen LogP contribution in [0.2, 0.25) is 0 Å². The molecule has 0 saturated carbocycles. The van der Waals surface area contributed by atoms with Gasteiger partial charge in [0.25, 0.3) is 0 Å². The van der Waals surface area contributed by atoms with Crippen LogP contribution in [0.3, 0.4) is 0 Å². The van der Waals surface area contributed by atoms with Crippen molar-refractivity contribution in [1.82, 2.24) is 15.4 Å². The molecule has 3 rings (SSSR count). The quantitative estimate of drug-likeness (QED) is 0.718. The topological polar surface area (TPSA) is 41.6 Å². The SMILES string of the molecule is C(=C\c1ccc(-c2c[nH]nn2)cc1)/c1ccccc1. The minimum atomic E-state index is 0.860. The predicted octanol–water partition coefficient (Wildman–Crippen LogP) is 3.64. The van der Waals surface area contributed by atoms with Gasteiger partial charge in [0, 0.05) is 11.8 Å². The van der Waals surface area contributed by atoms with Crippen molar-refractivity contribution in [3.05, 3.63) is 71.9 Å². The molecule has 0 aliphatic carbocycles. The molecular weight excluding hydrogens is 234 g/mol. The van der Waals surface area contributed by atoms with Crippen LogP contribution in [0.1, 0.15) is 11.1 Å². The van der Waals surface area contributed by atoms with Gasteiger partial charge in [0.1, 0.15) is 5.69 Å². The zero-order valence-electron chi connectivity index (χ0n) is 10.3. The van der Waals surface area contributed by atoms with Gasteiger partial charge in [0.05, 0.1) is 0 Å². The molecule has 0 atom stereocenters. The van der Waals surface area contributed by atoms with Crippen LogP contribution in [-0.4, -0.2) is 15.4 Å². The molecule has 3 heteroatoms. The first kappa shape index (κ1) is 11.4. The summed E-state index contributed by atoms with van der Waals surface area (Å²) in [5, 5.41) is 10.4. The summed E-state index contributed by atoms with van der Waals surface area (Å²) in [6.45, 7) is 0. The van der Waals surface area contributed by atoms with E-state index in [2.05, 4.69) is 51.8 Å². The number of aromatic amines is 1. The lowest BCUT2D eigenvalue weighted by molar-refractivity contribution is 0.942. The number of benzene rings is 2. The van der Waals surface area contributed by atoms with Gasteiger partial charge in [0.2, 0.25) is 0 Å². The Bertz CT molecular complexity index is 653. The largest absolute Gasteiger partial charge is 0.265 e. The number of hydrogen-bond donors (Lipinski definition) is 1. The van der Waals surface area contributed by atoms with Crippen LogP contribution in [0.15, 0.2) is 60.8 Å². The average molecular weight is 247 g/mol. The fourth-order valence-corrected chi connectivity index (χ4v) is 1.86. The minimum Gasteiger partial charge on any atom is -0.265 e. The first-order valence-electron chi connectivity index (χ1n) is 6.12. The van der Waals surface area contributed by atoms with Crippen molar-refractivity contribution in [2.75, 3.05) is 0 Å². The third-order valence-electron chi connectivity index (χ3n) is 2.89. The van der Waals surface area contributed by atoms with Crippen LogP contribution in [0, 0.1) is 0 Å². The van der Waals surface area contributed by atoms with Crippen molar-refractivity contribution in [3.63, 3.8) is 0 Å². The second kappa shape index (κ2) is 5.31. The summed E-state index contributed by atoms with van der Waals surface area (Å²) in [7, 11) is 0. The van der Waals surface area contributed by atoms with Gasteiger partial charge in [-0.25, -0.2) is 0 Å². The lowest BCUT2D eigenvalue weighted by Crippen LogP contribution is -1.78. The second-order valence-corrected chi connectivity index (χ2v) is 4.22. The summed E-state index contributed by atoms with van der Waals surface area (Å²) >= 11 is 0. The third kappa shape index (κ3) is 2.77. The Kier molecular flexibility index (Phi) is 3.19. The van der Waals surface area contributed by atoms with E-state index in [4.69, 9.17) is 0 Å². The van der Waals surface area contributed by atoms with E-state index in [0.717, 1.165) is 16.8 Å². The zero-order valence-corrected chi connectivity index (χ0v) is 10.3. The summed E-state index contributed by atoms with van der Waals surface area (Å²) in [6.07, 6.45) is 5.99. The first-order chi connectivity index (χ1) is 9.42. The number of aromatic nitrogens is 3. The highest BCUT2D eigenvalue weighted by molar-refractivity contribution is 5.71. The van der Waals surface area contributed by atoms with Gasteiger partial charge in [0.15, 0.2) is 0 Å². The molecule has 0 aliphatic rings. The van der Waals surface area contributed by atoms with Crippen LogP contribution >= 0.6 is 0 Å². The summed E-state index contributed by atoms with van der Waals surface area (Å²) in [6, 6.07) is 18.5. The van der Waals surface area contributed by atoms with Crippen LogP contribution < -0.4 is 0 Å². The van der Waals surface area contributed by atoms with Gasteiger partial charge in [-0.15, -0.1) is 5.10 Å². The fraction of sp³-hybridized carbons (Fsp3) is 0. The van der Waals surface area contributed by atoms with Gasteiger partial charge in [-0.1, -0.05) is 72.0 Å². The number of nitrogens with zero attached hydrogens (tertiary/aromatic N) is 2. The van der Waals surface area contributed by atoms with Gasteiger partial charge >= 0.3 is 0 Å². The molecule has 3 nitrogen and oxygen atoms in total. The molecule has 0 saturated heterocycles. The maximum absolute atomic E-state index is 3.99. The average Bonchev–Trinajstić information content (AvgIpc) is 3.01. The molecule has 0 bridgehead atoms. The molecule has 0 spiro atoms. The van der Waals surface area contributed by atoms with Crippen molar-refractivity contribution in [2.24, 2.45) is 0 Å². The standard InChI is InChI=1S/C16H13N3/c1-2-4-13(5-3-1)6-7-14-8-10-15(11-9-14)16-12-17-19-18-16/h1-12H,(H,17,18,19)/b7-6+. The van der Waals surface area contributed by atoms with Crippen LogP contribution in [0.5, 0.6) is 0 Å². The van der Waals surface area contributed by atoms with Crippen molar-refractivity contribution in [2.45, 2.75) is 0 Å². The molecule has 0 unspecified atom stereocenters. The van der Waals surface area contributed by atoms with E-state index in [0.29, 0.717) is 0 Å². The van der Waals surface area contributed by atoms with E-state index in [1.807, 2.05) is 30.3 Å².